The lowest BCUT2D eigenvalue weighted by Gasteiger charge is -2.15. The van der Waals surface area contributed by atoms with Crippen LogP contribution in [-0.4, -0.2) is 24.5 Å². The Morgan fingerprint density at radius 1 is 1.25 bits per heavy atom. The van der Waals surface area contributed by atoms with Crippen LogP contribution in [-0.2, 0) is 6.42 Å². The van der Waals surface area contributed by atoms with Crippen LogP contribution < -0.4 is 0 Å². The lowest BCUT2D eigenvalue weighted by Crippen LogP contribution is -2.19. The summed E-state index contributed by atoms with van der Waals surface area (Å²) in [6, 6.07) is 4.86. The maximum absolute atomic E-state index is 9.37. The zero-order valence-corrected chi connectivity index (χ0v) is 13.5. The van der Waals surface area contributed by atoms with Crippen molar-refractivity contribution in [2.24, 2.45) is 5.92 Å². The van der Waals surface area contributed by atoms with Crippen LogP contribution in [0.2, 0.25) is 0 Å². The molecule has 1 saturated heterocycles. The van der Waals surface area contributed by atoms with Gasteiger partial charge >= 0.3 is 0 Å². The summed E-state index contributed by atoms with van der Waals surface area (Å²) in [5.41, 5.74) is 7.43. The molecule has 1 aromatic carbocycles. The second-order valence-electron chi connectivity index (χ2n) is 5.74. The van der Waals surface area contributed by atoms with Gasteiger partial charge in [-0.05, 0) is 54.6 Å². The number of likely N-dealkylation sites (tertiary alicyclic amines) is 1. The monoisotopic (exact) mass is 270 g/mol. The summed E-state index contributed by atoms with van der Waals surface area (Å²) in [6.07, 6.45) is 1.16. The van der Waals surface area contributed by atoms with Gasteiger partial charge in [0.05, 0.1) is 12.0 Å². The number of nitriles is 1. The maximum Gasteiger partial charge on any atom is 0.0676 e. The lowest BCUT2D eigenvalue weighted by atomic mass is 9.88. The minimum absolute atomic E-state index is 0.178. The van der Waals surface area contributed by atoms with Gasteiger partial charge in [0.15, 0.2) is 0 Å². The largest absolute Gasteiger partial charge is 0.302 e. The van der Waals surface area contributed by atoms with E-state index in [2.05, 4.69) is 37.8 Å². The van der Waals surface area contributed by atoms with Crippen molar-refractivity contribution in [2.45, 2.75) is 47.0 Å². The predicted octanol–water partition coefficient (Wildman–Crippen LogP) is 3.79. The normalized spacial score (nSPS) is 23.6. The van der Waals surface area contributed by atoms with Crippen molar-refractivity contribution in [2.75, 3.05) is 19.6 Å². The molecule has 1 heterocycles. The summed E-state index contributed by atoms with van der Waals surface area (Å²) in [4.78, 5) is 2.41. The van der Waals surface area contributed by atoms with E-state index in [9.17, 15) is 5.26 Å². The van der Waals surface area contributed by atoms with Crippen LogP contribution in [0.25, 0.3) is 0 Å². The highest BCUT2D eigenvalue weighted by Gasteiger charge is 2.37. The maximum atomic E-state index is 9.37. The van der Waals surface area contributed by atoms with Gasteiger partial charge in [-0.1, -0.05) is 26.8 Å². The first-order valence-corrected chi connectivity index (χ1v) is 7.89. The third kappa shape index (κ3) is 2.47. The summed E-state index contributed by atoms with van der Waals surface area (Å²) in [6.45, 7) is 13.7. The molecule has 0 saturated carbocycles. The van der Waals surface area contributed by atoms with E-state index in [1.54, 1.807) is 11.1 Å². The highest BCUT2D eigenvalue weighted by atomic mass is 15.1. The van der Waals surface area contributed by atoms with Crippen molar-refractivity contribution in [3.63, 3.8) is 0 Å². The van der Waals surface area contributed by atoms with E-state index < -0.39 is 0 Å². The zero-order valence-electron chi connectivity index (χ0n) is 13.5. The van der Waals surface area contributed by atoms with Crippen LogP contribution in [0.15, 0.2) is 6.07 Å². The molecule has 2 atom stereocenters. The molecule has 0 N–H and O–H groups in total. The molecule has 0 aromatic heterocycles. The summed E-state index contributed by atoms with van der Waals surface area (Å²) >= 11 is 0. The molecular formula is C18H26N2. The predicted molar refractivity (Wildman–Crippen MR) is 84.0 cm³/mol. The summed E-state index contributed by atoms with van der Waals surface area (Å²) < 4.78 is 0. The summed E-state index contributed by atoms with van der Waals surface area (Å²) in [5.74, 6) is 0.613. The van der Waals surface area contributed by atoms with Gasteiger partial charge in [0, 0.05) is 19.0 Å². The number of likely N-dealkylation sites (N-methyl/N-ethyl adjacent to an activating group) is 1. The molecule has 1 aromatic rings. The quantitative estimate of drug-likeness (QED) is 0.830. The number of aryl methyl sites for hydroxylation is 1. The fourth-order valence-electron chi connectivity index (χ4n) is 3.35. The Labute approximate surface area is 123 Å². The number of hydrogen-bond donors (Lipinski definition) is 0. The Morgan fingerprint density at radius 3 is 2.55 bits per heavy atom. The van der Waals surface area contributed by atoms with Gasteiger partial charge in [-0.15, -0.1) is 0 Å². The fourth-order valence-corrected chi connectivity index (χ4v) is 3.35. The van der Waals surface area contributed by atoms with E-state index >= 15 is 0 Å². The van der Waals surface area contributed by atoms with Crippen molar-refractivity contribution in [1.29, 1.82) is 5.26 Å². The Kier molecular flexibility index (Phi) is 4.50. The first-order valence-electron chi connectivity index (χ1n) is 7.89. The second-order valence-corrected chi connectivity index (χ2v) is 5.74. The van der Waals surface area contributed by atoms with Gasteiger partial charge < -0.3 is 4.90 Å². The van der Waals surface area contributed by atoms with E-state index in [0.29, 0.717) is 5.92 Å². The van der Waals surface area contributed by atoms with Gasteiger partial charge in [0.1, 0.15) is 0 Å². The minimum atomic E-state index is 0.178. The first-order chi connectivity index (χ1) is 9.65. The third-order valence-corrected chi connectivity index (χ3v) is 4.77. The van der Waals surface area contributed by atoms with E-state index in [1.165, 1.54) is 16.7 Å². The smallest absolute Gasteiger partial charge is 0.0676 e. The number of nitrogens with zero attached hydrogens (tertiary/aromatic N) is 2. The first kappa shape index (κ1) is 15.1. The van der Waals surface area contributed by atoms with Gasteiger partial charge in [-0.25, -0.2) is 0 Å². The Hall–Kier alpha value is -1.33. The topological polar surface area (TPSA) is 27.0 Å². The van der Waals surface area contributed by atoms with Crippen molar-refractivity contribution in [3.05, 3.63) is 33.9 Å². The molecular weight excluding hydrogens is 244 g/mol. The molecule has 0 bridgehead atoms. The molecule has 108 valence electrons. The van der Waals surface area contributed by atoms with Gasteiger partial charge in [0.25, 0.3) is 0 Å². The minimum Gasteiger partial charge on any atom is -0.302 e. The highest BCUT2D eigenvalue weighted by Crippen LogP contribution is 2.43. The van der Waals surface area contributed by atoms with Crippen LogP contribution in [0.5, 0.6) is 0 Å². The lowest BCUT2D eigenvalue weighted by molar-refractivity contribution is 0.349. The number of hydrogen-bond acceptors (Lipinski definition) is 2. The number of rotatable bonds is 2. The third-order valence-electron chi connectivity index (χ3n) is 4.77. The number of fused-ring (bicyclic) bond motifs is 1. The van der Waals surface area contributed by atoms with E-state index in [0.717, 1.165) is 26.1 Å². The number of benzene rings is 1. The van der Waals surface area contributed by atoms with Crippen molar-refractivity contribution in [3.8, 4) is 6.07 Å². The fraction of sp³-hybridized carbons (Fsp3) is 0.611. The highest BCUT2D eigenvalue weighted by molar-refractivity contribution is 5.59. The van der Waals surface area contributed by atoms with Crippen molar-refractivity contribution in [1.82, 2.24) is 4.90 Å². The Balaban J connectivity index is 0.000000704. The average Bonchev–Trinajstić information content (AvgIpc) is 3.17. The molecule has 20 heavy (non-hydrogen) atoms. The average molecular weight is 270 g/mol. The second kappa shape index (κ2) is 5.97. The van der Waals surface area contributed by atoms with Gasteiger partial charge in [-0.2, -0.15) is 5.26 Å². The van der Waals surface area contributed by atoms with Crippen molar-refractivity contribution >= 4 is 0 Å². The molecule has 0 spiro atoms. The van der Waals surface area contributed by atoms with E-state index in [4.69, 9.17) is 0 Å². The van der Waals surface area contributed by atoms with Crippen LogP contribution >= 0.6 is 0 Å². The van der Waals surface area contributed by atoms with Gasteiger partial charge in [-0.3, -0.25) is 0 Å². The molecule has 0 radical (unpaired) electrons. The molecule has 0 amide bonds. The molecule has 1 aliphatic carbocycles. The SMILES string of the molecule is CC.CCN1CC(C#N)C(c2cc(C)c(C)c3c2C3)C1. The Morgan fingerprint density at radius 2 is 1.95 bits per heavy atom. The van der Waals surface area contributed by atoms with Crippen LogP contribution in [0, 0.1) is 31.1 Å². The van der Waals surface area contributed by atoms with Crippen LogP contribution in [0.3, 0.4) is 0 Å². The zero-order chi connectivity index (χ0) is 14.9. The Bertz CT molecular complexity index is 536. The molecule has 2 aliphatic rings. The molecule has 3 rings (SSSR count). The van der Waals surface area contributed by atoms with Crippen LogP contribution in [0.1, 0.15) is 54.5 Å². The van der Waals surface area contributed by atoms with Crippen molar-refractivity contribution < 1.29 is 0 Å². The van der Waals surface area contributed by atoms with E-state index in [-0.39, 0.29) is 5.92 Å². The summed E-state index contributed by atoms with van der Waals surface area (Å²) in [5, 5.41) is 9.37. The molecule has 1 aliphatic heterocycles. The van der Waals surface area contributed by atoms with Gasteiger partial charge in [0.2, 0.25) is 0 Å². The van der Waals surface area contributed by atoms with E-state index in [1.807, 2.05) is 13.8 Å². The van der Waals surface area contributed by atoms with Crippen LogP contribution in [0.4, 0.5) is 0 Å². The summed E-state index contributed by atoms with van der Waals surface area (Å²) in [7, 11) is 0. The molecule has 2 nitrogen and oxygen atoms in total. The molecule has 2 unspecified atom stereocenters. The standard InChI is InChI=1S/C16H20N2.C2H6/c1-4-18-8-12(7-17)16(9-18)14-5-10(2)11(3)13-6-15(13)14;1-2/h5,12,16H,4,6,8-9H2,1-3H3;1-2H3. The molecule has 2 heteroatoms. The molecule has 1 fully saturated rings.